The van der Waals surface area contributed by atoms with E-state index in [1.165, 1.54) is 11.1 Å². The van der Waals surface area contributed by atoms with Crippen LogP contribution >= 0.6 is 0 Å². The summed E-state index contributed by atoms with van der Waals surface area (Å²) < 4.78 is 34.3. The molecular formula is C23H27N3O3S. The molecule has 0 saturated carbocycles. The van der Waals surface area contributed by atoms with Gasteiger partial charge in [0.1, 0.15) is 0 Å². The molecule has 1 aliphatic rings. The molecule has 30 heavy (non-hydrogen) atoms. The predicted molar refractivity (Wildman–Crippen MR) is 116 cm³/mol. The Bertz CT molecular complexity index is 1100. The van der Waals surface area contributed by atoms with E-state index in [-0.39, 0.29) is 16.9 Å². The largest absolute Gasteiger partial charge is 0.381 e. The first-order valence-corrected chi connectivity index (χ1v) is 11.7. The van der Waals surface area contributed by atoms with Crippen LogP contribution in [-0.4, -0.2) is 37.6 Å². The molecule has 4 rings (SSSR count). The second kappa shape index (κ2) is 8.71. The molecule has 7 heteroatoms. The lowest BCUT2D eigenvalue weighted by Gasteiger charge is -2.24. The Hall–Kier alpha value is -2.48. The average Bonchev–Trinajstić information content (AvgIpc) is 3.26. The van der Waals surface area contributed by atoms with Crippen molar-refractivity contribution in [3.8, 4) is 0 Å². The highest BCUT2D eigenvalue weighted by Gasteiger charge is 2.25. The number of nitrogens with one attached hydrogen (secondary N) is 2. The van der Waals surface area contributed by atoms with Crippen LogP contribution in [0.3, 0.4) is 0 Å². The molecule has 0 spiro atoms. The molecule has 158 valence electrons. The third-order valence-corrected chi connectivity index (χ3v) is 7.35. The van der Waals surface area contributed by atoms with Crippen LogP contribution in [0.2, 0.25) is 0 Å². The minimum Gasteiger partial charge on any atom is -0.381 e. The summed E-state index contributed by atoms with van der Waals surface area (Å²) in [5.41, 5.74) is 5.34. The highest BCUT2D eigenvalue weighted by Crippen LogP contribution is 2.34. The first-order chi connectivity index (χ1) is 14.5. The van der Waals surface area contributed by atoms with Crippen molar-refractivity contribution in [2.45, 2.75) is 43.5 Å². The molecule has 1 saturated heterocycles. The van der Waals surface area contributed by atoms with Crippen LogP contribution in [0, 0.1) is 13.8 Å². The molecule has 6 nitrogen and oxygen atoms in total. The number of ether oxygens (including phenoxy) is 1. The van der Waals surface area contributed by atoms with Crippen LogP contribution in [0.5, 0.6) is 0 Å². The molecule has 0 radical (unpaired) electrons. The maximum atomic E-state index is 13.0. The number of rotatable bonds is 6. The van der Waals surface area contributed by atoms with Gasteiger partial charge in [0.05, 0.1) is 17.1 Å². The lowest BCUT2D eigenvalue weighted by atomic mass is 9.85. The van der Waals surface area contributed by atoms with Crippen molar-refractivity contribution in [1.82, 2.24) is 14.7 Å². The Morgan fingerprint density at radius 3 is 2.63 bits per heavy atom. The van der Waals surface area contributed by atoms with Crippen molar-refractivity contribution in [3.05, 3.63) is 82.9 Å². The van der Waals surface area contributed by atoms with Gasteiger partial charge in [-0.05, 0) is 61.1 Å². The number of benzene rings is 2. The van der Waals surface area contributed by atoms with Gasteiger partial charge in [0, 0.05) is 31.1 Å². The molecule has 1 fully saturated rings. The standard InChI is InChI=1S/C23H27N3O3S/c1-16-5-3-8-21(17(16)2)23(22-14-24-15-25-22)18-6-4-7-20(13-18)30(27,28)26-19-9-11-29-12-10-19/h3-8,13-15,19,23,26H,9-12H2,1-2H3,(H,24,25). The van der Waals surface area contributed by atoms with E-state index in [4.69, 9.17) is 4.74 Å². The maximum Gasteiger partial charge on any atom is 0.240 e. The molecule has 2 heterocycles. The van der Waals surface area contributed by atoms with Gasteiger partial charge < -0.3 is 9.72 Å². The number of aryl methyl sites for hydroxylation is 1. The molecule has 1 aliphatic heterocycles. The van der Waals surface area contributed by atoms with E-state index in [0.717, 1.165) is 16.8 Å². The van der Waals surface area contributed by atoms with Crippen molar-refractivity contribution in [3.63, 3.8) is 0 Å². The van der Waals surface area contributed by atoms with Gasteiger partial charge in [-0.2, -0.15) is 0 Å². The van der Waals surface area contributed by atoms with Gasteiger partial charge >= 0.3 is 0 Å². The van der Waals surface area contributed by atoms with E-state index in [2.05, 4.69) is 40.7 Å². The fourth-order valence-corrected chi connectivity index (χ4v) is 5.36. The first-order valence-electron chi connectivity index (χ1n) is 10.2. The molecule has 2 aromatic carbocycles. The minimum atomic E-state index is -3.62. The lowest BCUT2D eigenvalue weighted by Crippen LogP contribution is -2.38. The summed E-state index contributed by atoms with van der Waals surface area (Å²) in [6.45, 7) is 5.35. The molecule has 0 amide bonds. The number of aromatic nitrogens is 2. The van der Waals surface area contributed by atoms with Gasteiger partial charge in [-0.1, -0.05) is 30.3 Å². The summed E-state index contributed by atoms with van der Waals surface area (Å²) in [6, 6.07) is 13.3. The third-order valence-electron chi connectivity index (χ3n) is 5.83. The number of hydrogen-bond acceptors (Lipinski definition) is 4. The Morgan fingerprint density at radius 2 is 1.90 bits per heavy atom. The zero-order valence-electron chi connectivity index (χ0n) is 17.3. The van der Waals surface area contributed by atoms with Crippen molar-refractivity contribution < 1.29 is 13.2 Å². The Kier molecular flexibility index (Phi) is 6.04. The number of sulfonamides is 1. The summed E-state index contributed by atoms with van der Waals surface area (Å²) in [5, 5.41) is 0. The van der Waals surface area contributed by atoms with E-state index in [1.54, 1.807) is 24.7 Å². The Labute approximate surface area is 177 Å². The fourth-order valence-electron chi connectivity index (χ4n) is 4.00. The van der Waals surface area contributed by atoms with Crippen molar-refractivity contribution in [2.75, 3.05) is 13.2 Å². The average molecular weight is 426 g/mol. The second-order valence-corrected chi connectivity index (χ2v) is 9.52. The first kappa shape index (κ1) is 20.8. The van der Waals surface area contributed by atoms with E-state index in [1.807, 2.05) is 18.2 Å². The summed E-state index contributed by atoms with van der Waals surface area (Å²) in [7, 11) is -3.62. The molecule has 1 aromatic heterocycles. The number of nitrogens with zero attached hydrogens (tertiary/aromatic N) is 1. The third kappa shape index (κ3) is 4.33. The van der Waals surface area contributed by atoms with Crippen LogP contribution in [0.4, 0.5) is 0 Å². The maximum absolute atomic E-state index is 13.0. The van der Waals surface area contributed by atoms with E-state index < -0.39 is 10.0 Å². The zero-order valence-corrected chi connectivity index (χ0v) is 18.1. The smallest absolute Gasteiger partial charge is 0.240 e. The van der Waals surface area contributed by atoms with Gasteiger partial charge in [0.25, 0.3) is 0 Å². The van der Waals surface area contributed by atoms with Crippen LogP contribution in [0.1, 0.15) is 46.7 Å². The number of aromatic amines is 1. The molecule has 1 unspecified atom stereocenters. The van der Waals surface area contributed by atoms with Crippen molar-refractivity contribution in [1.29, 1.82) is 0 Å². The van der Waals surface area contributed by atoms with Gasteiger partial charge in [0.15, 0.2) is 0 Å². The lowest BCUT2D eigenvalue weighted by molar-refractivity contribution is 0.0832. The van der Waals surface area contributed by atoms with Crippen molar-refractivity contribution in [2.24, 2.45) is 0 Å². The second-order valence-electron chi connectivity index (χ2n) is 7.81. The topological polar surface area (TPSA) is 84.1 Å². The number of hydrogen-bond donors (Lipinski definition) is 2. The fraction of sp³-hybridized carbons (Fsp3) is 0.348. The van der Waals surface area contributed by atoms with Gasteiger partial charge in [-0.3, -0.25) is 0 Å². The molecule has 0 bridgehead atoms. The molecule has 0 aliphatic carbocycles. The quantitative estimate of drug-likeness (QED) is 0.631. The summed E-state index contributed by atoms with van der Waals surface area (Å²) in [4.78, 5) is 7.69. The summed E-state index contributed by atoms with van der Waals surface area (Å²) in [6.07, 6.45) is 4.84. The van der Waals surface area contributed by atoms with Crippen LogP contribution < -0.4 is 4.72 Å². The monoisotopic (exact) mass is 425 g/mol. The molecular weight excluding hydrogens is 398 g/mol. The van der Waals surface area contributed by atoms with Gasteiger partial charge in [-0.15, -0.1) is 0 Å². The van der Waals surface area contributed by atoms with E-state index in [0.29, 0.717) is 26.1 Å². The van der Waals surface area contributed by atoms with E-state index >= 15 is 0 Å². The Morgan fingerprint density at radius 1 is 1.13 bits per heavy atom. The highest BCUT2D eigenvalue weighted by molar-refractivity contribution is 7.89. The number of imidazole rings is 1. The van der Waals surface area contributed by atoms with Gasteiger partial charge in [-0.25, -0.2) is 18.1 Å². The zero-order chi connectivity index (χ0) is 21.1. The molecule has 2 N–H and O–H groups in total. The van der Waals surface area contributed by atoms with Crippen LogP contribution in [0.25, 0.3) is 0 Å². The Balaban J connectivity index is 1.73. The SMILES string of the molecule is Cc1cccc(C(c2cccc(S(=O)(=O)NC3CCOCC3)c2)c2cnc[nH]2)c1C. The predicted octanol–water partition coefficient (Wildman–Crippen LogP) is 3.66. The molecule has 1 atom stereocenters. The highest BCUT2D eigenvalue weighted by atomic mass is 32.2. The van der Waals surface area contributed by atoms with Crippen LogP contribution in [-0.2, 0) is 14.8 Å². The van der Waals surface area contributed by atoms with Crippen LogP contribution in [0.15, 0.2) is 59.9 Å². The number of H-pyrrole nitrogens is 1. The molecule has 3 aromatic rings. The summed E-state index contributed by atoms with van der Waals surface area (Å²) in [5.74, 6) is -0.134. The summed E-state index contributed by atoms with van der Waals surface area (Å²) >= 11 is 0. The minimum absolute atomic E-state index is 0.0881. The van der Waals surface area contributed by atoms with Gasteiger partial charge in [0.2, 0.25) is 10.0 Å². The van der Waals surface area contributed by atoms with Crippen molar-refractivity contribution >= 4 is 10.0 Å². The normalized spacial score (nSPS) is 16.5. The van der Waals surface area contributed by atoms with E-state index in [9.17, 15) is 8.42 Å².